The molecule has 3 amide bonds. The van der Waals surface area contributed by atoms with E-state index < -0.39 is 11.8 Å². The Kier molecular flexibility index (Phi) is 5.71. The largest absolute Gasteiger partial charge is 0.345 e. The third kappa shape index (κ3) is 5.84. The highest BCUT2D eigenvalue weighted by atomic mass is 16.2. The highest BCUT2D eigenvalue weighted by Crippen LogP contribution is 2.28. The fourth-order valence-corrected chi connectivity index (χ4v) is 3.70. The quantitative estimate of drug-likeness (QED) is 0.620. The zero-order chi connectivity index (χ0) is 19.5. The van der Waals surface area contributed by atoms with Crippen LogP contribution in [0.25, 0.3) is 0 Å². The molecular formula is C19H28N4O3. The minimum absolute atomic E-state index is 0.0679. The number of nitrogens with one attached hydrogen (secondary N) is 4. The van der Waals surface area contributed by atoms with Gasteiger partial charge in [0.05, 0.1) is 0 Å². The first-order valence-corrected chi connectivity index (χ1v) is 8.75. The Morgan fingerprint density at radius 1 is 0.885 bits per heavy atom. The van der Waals surface area contributed by atoms with E-state index >= 15 is 0 Å². The van der Waals surface area contributed by atoms with Gasteiger partial charge in [-0.25, -0.2) is 0 Å². The number of piperidine rings is 1. The van der Waals surface area contributed by atoms with E-state index in [1.165, 1.54) is 6.92 Å². The van der Waals surface area contributed by atoms with Crippen LogP contribution in [0.15, 0.2) is 24.3 Å². The van der Waals surface area contributed by atoms with Gasteiger partial charge in [-0.1, -0.05) is 0 Å². The van der Waals surface area contributed by atoms with Crippen LogP contribution in [0.4, 0.5) is 11.4 Å². The summed E-state index contributed by atoms with van der Waals surface area (Å²) < 4.78 is 0. The molecule has 0 aromatic heterocycles. The molecule has 0 atom stereocenters. The van der Waals surface area contributed by atoms with Gasteiger partial charge in [0.25, 0.3) is 0 Å². The summed E-state index contributed by atoms with van der Waals surface area (Å²) >= 11 is 0. The van der Waals surface area contributed by atoms with Crippen molar-refractivity contribution >= 4 is 29.1 Å². The number of rotatable bonds is 3. The Balaban J connectivity index is 1.93. The summed E-state index contributed by atoms with van der Waals surface area (Å²) in [6, 6.07) is 6.52. The molecule has 0 aliphatic carbocycles. The molecule has 1 fully saturated rings. The SMILES string of the molecule is CC(=O)Nc1ccc(NC(=O)C(=O)NC2CC(C)(C)NC(C)(C)C2)cc1. The standard InChI is InChI=1S/C19H28N4O3/c1-12(24)20-13-6-8-14(9-7-13)21-16(25)17(26)22-15-10-18(2,3)23-19(4,5)11-15/h6-9,15,23H,10-11H2,1-5H3,(H,20,24)(H,21,25)(H,22,26). The molecule has 1 aliphatic rings. The molecule has 0 spiro atoms. The Morgan fingerprint density at radius 3 is 1.81 bits per heavy atom. The Labute approximate surface area is 154 Å². The van der Waals surface area contributed by atoms with Crippen LogP contribution in [0.2, 0.25) is 0 Å². The second-order valence-corrected chi connectivity index (χ2v) is 8.18. The third-order valence-corrected chi connectivity index (χ3v) is 4.19. The van der Waals surface area contributed by atoms with Crippen LogP contribution in [0.1, 0.15) is 47.5 Å². The highest BCUT2D eigenvalue weighted by molar-refractivity contribution is 6.39. The van der Waals surface area contributed by atoms with Crippen molar-refractivity contribution in [1.82, 2.24) is 10.6 Å². The van der Waals surface area contributed by atoms with Gasteiger partial charge < -0.3 is 21.3 Å². The van der Waals surface area contributed by atoms with Gasteiger partial charge in [-0.2, -0.15) is 0 Å². The molecule has 7 heteroatoms. The average molecular weight is 360 g/mol. The van der Waals surface area contributed by atoms with E-state index in [1.54, 1.807) is 24.3 Å². The van der Waals surface area contributed by atoms with Crippen molar-refractivity contribution in [2.75, 3.05) is 10.6 Å². The van der Waals surface area contributed by atoms with Crippen LogP contribution < -0.4 is 21.3 Å². The Morgan fingerprint density at radius 2 is 1.35 bits per heavy atom. The van der Waals surface area contributed by atoms with Crippen molar-refractivity contribution in [3.05, 3.63) is 24.3 Å². The van der Waals surface area contributed by atoms with Crippen molar-refractivity contribution < 1.29 is 14.4 Å². The molecule has 0 bridgehead atoms. The van der Waals surface area contributed by atoms with Crippen molar-refractivity contribution in [3.63, 3.8) is 0 Å². The second-order valence-electron chi connectivity index (χ2n) is 8.18. The molecule has 142 valence electrons. The normalized spacial score (nSPS) is 18.7. The lowest BCUT2D eigenvalue weighted by Gasteiger charge is -2.46. The number of anilines is 2. The van der Waals surface area contributed by atoms with Gasteiger partial charge in [0.15, 0.2) is 0 Å². The Bertz CT molecular complexity index is 679. The summed E-state index contributed by atoms with van der Waals surface area (Å²) in [5.41, 5.74) is 0.884. The highest BCUT2D eigenvalue weighted by Gasteiger charge is 2.38. The molecule has 7 nitrogen and oxygen atoms in total. The van der Waals surface area contributed by atoms with Crippen molar-refractivity contribution in [2.45, 2.75) is 64.6 Å². The number of benzene rings is 1. The molecule has 1 aromatic rings. The maximum atomic E-state index is 12.2. The van der Waals surface area contributed by atoms with E-state index in [2.05, 4.69) is 49.0 Å². The van der Waals surface area contributed by atoms with Crippen molar-refractivity contribution in [3.8, 4) is 0 Å². The zero-order valence-electron chi connectivity index (χ0n) is 16.0. The second kappa shape index (κ2) is 7.45. The molecule has 1 heterocycles. The summed E-state index contributed by atoms with van der Waals surface area (Å²) in [6.45, 7) is 9.77. The van der Waals surface area contributed by atoms with Gasteiger partial charge in [0.1, 0.15) is 0 Å². The number of amides is 3. The zero-order valence-corrected chi connectivity index (χ0v) is 16.0. The number of carbonyl (C=O) groups is 3. The van der Waals surface area contributed by atoms with Gasteiger partial charge >= 0.3 is 11.8 Å². The van der Waals surface area contributed by atoms with Crippen LogP contribution >= 0.6 is 0 Å². The third-order valence-electron chi connectivity index (χ3n) is 4.19. The molecule has 0 saturated carbocycles. The van der Waals surface area contributed by atoms with Gasteiger partial charge in [-0.05, 0) is 64.8 Å². The van der Waals surface area contributed by atoms with Gasteiger partial charge in [-0.3, -0.25) is 14.4 Å². The van der Waals surface area contributed by atoms with Crippen LogP contribution in [0.5, 0.6) is 0 Å². The van der Waals surface area contributed by atoms with E-state index in [4.69, 9.17) is 0 Å². The number of carbonyl (C=O) groups excluding carboxylic acids is 3. The monoisotopic (exact) mass is 360 g/mol. The fraction of sp³-hybridized carbons (Fsp3) is 0.526. The average Bonchev–Trinajstić information content (AvgIpc) is 2.45. The fourth-order valence-electron chi connectivity index (χ4n) is 3.70. The lowest BCUT2D eigenvalue weighted by molar-refractivity contribution is -0.137. The summed E-state index contributed by atoms with van der Waals surface area (Å²) in [5, 5.41) is 11.6. The molecular weight excluding hydrogens is 332 g/mol. The first-order valence-electron chi connectivity index (χ1n) is 8.75. The predicted octanol–water partition coefficient (Wildman–Crippen LogP) is 2.01. The van der Waals surface area contributed by atoms with E-state index in [0.717, 1.165) is 12.8 Å². The lowest BCUT2D eigenvalue weighted by atomic mass is 9.79. The minimum atomic E-state index is -0.702. The predicted molar refractivity (Wildman–Crippen MR) is 102 cm³/mol. The smallest absolute Gasteiger partial charge is 0.313 e. The molecule has 1 aliphatic heterocycles. The Hall–Kier alpha value is -2.41. The first-order chi connectivity index (χ1) is 12.0. The summed E-state index contributed by atoms with van der Waals surface area (Å²) in [4.78, 5) is 35.4. The molecule has 26 heavy (non-hydrogen) atoms. The topological polar surface area (TPSA) is 99.3 Å². The molecule has 4 N–H and O–H groups in total. The molecule has 2 rings (SSSR count). The molecule has 0 unspecified atom stereocenters. The number of hydrogen-bond acceptors (Lipinski definition) is 4. The summed E-state index contributed by atoms with van der Waals surface area (Å²) in [6.07, 6.45) is 1.50. The van der Waals surface area contributed by atoms with Gasteiger partial charge in [0.2, 0.25) is 5.91 Å². The lowest BCUT2D eigenvalue weighted by Crippen LogP contribution is -2.62. The van der Waals surface area contributed by atoms with Crippen LogP contribution in [-0.2, 0) is 14.4 Å². The maximum absolute atomic E-state index is 12.2. The summed E-state index contributed by atoms with van der Waals surface area (Å²) in [7, 11) is 0. The van der Waals surface area contributed by atoms with Gasteiger partial charge in [-0.15, -0.1) is 0 Å². The van der Waals surface area contributed by atoms with Crippen molar-refractivity contribution in [2.24, 2.45) is 0 Å². The van der Waals surface area contributed by atoms with Crippen LogP contribution in [0, 0.1) is 0 Å². The van der Waals surface area contributed by atoms with Crippen molar-refractivity contribution in [1.29, 1.82) is 0 Å². The molecule has 1 saturated heterocycles. The maximum Gasteiger partial charge on any atom is 0.313 e. The molecule has 0 radical (unpaired) electrons. The summed E-state index contributed by atoms with van der Waals surface area (Å²) in [5.74, 6) is -1.52. The minimum Gasteiger partial charge on any atom is -0.345 e. The molecule has 1 aromatic carbocycles. The van der Waals surface area contributed by atoms with E-state index in [9.17, 15) is 14.4 Å². The van der Waals surface area contributed by atoms with Crippen LogP contribution in [0.3, 0.4) is 0 Å². The van der Waals surface area contributed by atoms with Crippen LogP contribution in [-0.4, -0.2) is 34.8 Å². The van der Waals surface area contributed by atoms with E-state index in [-0.39, 0.29) is 23.0 Å². The first kappa shape index (κ1) is 19.9. The van der Waals surface area contributed by atoms with Gasteiger partial charge in [0, 0.05) is 35.4 Å². The van der Waals surface area contributed by atoms with E-state index in [1.807, 2.05) is 0 Å². The number of hydrogen-bond donors (Lipinski definition) is 4. The van der Waals surface area contributed by atoms with E-state index in [0.29, 0.717) is 11.4 Å².